The minimum atomic E-state index is -0.590. The number of amides is 1. The lowest BCUT2D eigenvalue weighted by molar-refractivity contribution is -0.0855. The SMILES string of the molecule is O=C(NCC1COCCO1)c1ccc(F)cc1O. The molecule has 0 aromatic heterocycles. The summed E-state index contributed by atoms with van der Waals surface area (Å²) in [5, 5.41) is 12.0. The number of ether oxygens (including phenoxy) is 2. The summed E-state index contributed by atoms with van der Waals surface area (Å²) in [6.07, 6.45) is -0.190. The topological polar surface area (TPSA) is 67.8 Å². The second kappa shape index (κ2) is 5.79. The van der Waals surface area contributed by atoms with E-state index in [1.807, 2.05) is 0 Å². The van der Waals surface area contributed by atoms with Crippen molar-refractivity contribution < 1.29 is 23.8 Å². The average molecular weight is 255 g/mol. The van der Waals surface area contributed by atoms with Crippen LogP contribution in [0, 0.1) is 5.82 Å². The van der Waals surface area contributed by atoms with Crippen LogP contribution in [0.5, 0.6) is 5.75 Å². The first kappa shape index (κ1) is 12.8. The van der Waals surface area contributed by atoms with Gasteiger partial charge >= 0.3 is 0 Å². The highest BCUT2D eigenvalue weighted by atomic mass is 19.1. The van der Waals surface area contributed by atoms with Crippen LogP contribution in [0.3, 0.4) is 0 Å². The lowest BCUT2D eigenvalue weighted by atomic mass is 10.2. The molecule has 1 unspecified atom stereocenters. The molecule has 0 aliphatic carbocycles. The Morgan fingerprint density at radius 1 is 1.50 bits per heavy atom. The van der Waals surface area contributed by atoms with Crippen LogP contribution in [-0.2, 0) is 9.47 Å². The zero-order valence-electron chi connectivity index (χ0n) is 9.69. The van der Waals surface area contributed by atoms with Crippen molar-refractivity contribution in [2.24, 2.45) is 0 Å². The van der Waals surface area contributed by atoms with Crippen molar-refractivity contribution >= 4 is 5.91 Å². The molecule has 1 amide bonds. The number of carbonyl (C=O) groups is 1. The number of hydrogen-bond acceptors (Lipinski definition) is 4. The fourth-order valence-corrected chi connectivity index (χ4v) is 1.65. The Morgan fingerprint density at radius 2 is 2.33 bits per heavy atom. The van der Waals surface area contributed by atoms with Crippen LogP contribution in [0.25, 0.3) is 0 Å². The number of aromatic hydroxyl groups is 1. The molecule has 0 saturated carbocycles. The number of phenolic OH excluding ortho intramolecular Hbond substituents is 1. The summed E-state index contributed by atoms with van der Waals surface area (Å²) in [6.45, 7) is 1.77. The Bertz CT molecular complexity index is 432. The lowest BCUT2D eigenvalue weighted by Gasteiger charge is -2.23. The molecule has 1 atom stereocenters. The van der Waals surface area contributed by atoms with Crippen molar-refractivity contribution in [3.8, 4) is 5.75 Å². The summed E-state index contributed by atoms with van der Waals surface area (Å²) in [7, 11) is 0. The molecule has 1 heterocycles. The predicted octanol–water partition coefficient (Wildman–Crippen LogP) is 0.676. The van der Waals surface area contributed by atoms with Crippen molar-refractivity contribution in [3.05, 3.63) is 29.6 Å². The first-order valence-electron chi connectivity index (χ1n) is 5.63. The summed E-state index contributed by atoms with van der Waals surface area (Å²) in [5.41, 5.74) is 0.0353. The van der Waals surface area contributed by atoms with Gasteiger partial charge in [0.05, 0.1) is 31.5 Å². The molecule has 0 spiro atoms. The second-order valence-electron chi connectivity index (χ2n) is 3.94. The van der Waals surface area contributed by atoms with Crippen molar-refractivity contribution in [1.29, 1.82) is 0 Å². The van der Waals surface area contributed by atoms with Crippen molar-refractivity contribution in [2.75, 3.05) is 26.4 Å². The molecular weight excluding hydrogens is 241 g/mol. The number of benzene rings is 1. The Hall–Kier alpha value is -1.66. The summed E-state index contributed by atoms with van der Waals surface area (Å²) >= 11 is 0. The van der Waals surface area contributed by atoms with E-state index >= 15 is 0 Å². The number of rotatable bonds is 3. The Labute approximate surface area is 104 Å². The van der Waals surface area contributed by atoms with Gasteiger partial charge < -0.3 is 19.9 Å². The van der Waals surface area contributed by atoms with E-state index in [1.54, 1.807) is 0 Å². The Balaban J connectivity index is 1.90. The van der Waals surface area contributed by atoms with Gasteiger partial charge in [0.25, 0.3) is 5.91 Å². The molecule has 18 heavy (non-hydrogen) atoms. The monoisotopic (exact) mass is 255 g/mol. The van der Waals surface area contributed by atoms with Gasteiger partial charge in [0.1, 0.15) is 11.6 Å². The van der Waals surface area contributed by atoms with Crippen molar-refractivity contribution in [1.82, 2.24) is 5.32 Å². The molecule has 1 aliphatic rings. The summed E-state index contributed by atoms with van der Waals surface area (Å²) in [6, 6.07) is 3.25. The molecule has 0 radical (unpaired) electrons. The molecule has 2 rings (SSSR count). The Morgan fingerprint density at radius 3 is 3.00 bits per heavy atom. The summed E-state index contributed by atoms with van der Waals surface area (Å²) < 4.78 is 23.3. The molecule has 2 N–H and O–H groups in total. The van der Waals surface area contributed by atoms with E-state index < -0.39 is 11.7 Å². The highest BCUT2D eigenvalue weighted by Crippen LogP contribution is 2.17. The molecule has 5 nitrogen and oxygen atoms in total. The summed E-state index contributed by atoms with van der Waals surface area (Å²) in [5.74, 6) is -1.44. The summed E-state index contributed by atoms with van der Waals surface area (Å²) in [4.78, 5) is 11.7. The average Bonchev–Trinajstić information content (AvgIpc) is 2.37. The zero-order chi connectivity index (χ0) is 13.0. The zero-order valence-corrected chi connectivity index (χ0v) is 9.69. The van der Waals surface area contributed by atoms with Gasteiger partial charge in [0.15, 0.2) is 0 Å². The molecule has 0 bridgehead atoms. The largest absolute Gasteiger partial charge is 0.507 e. The van der Waals surface area contributed by atoms with E-state index in [4.69, 9.17) is 9.47 Å². The first-order chi connectivity index (χ1) is 8.66. The number of phenols is 1. The normalized spacial score (nSPS) is 19.5. The van der Waals surface area contributed by atoms with Gasteiger partial charge in [0, 0.05) is 12.6 Å². The van der Waals surface area contributed by atoms with Gasteiger partial charge in [-0.05, 0) is 12.1 Å². The smallest absolute Gasteiger partial charge is 0.255 e. The maximum Gasteiger partial charge on any atom is 0.255 e. The van der Waals surface area contributed by atoms with Crippen LogP contribution in [0.2, 0.25) is 0 Å². The molecule has 6 heteroatoms. The number of halogens is 1. The molecule has 1 fully saturated rings. The van der Waals surface area contributed by atoms with Crippen LogP contribution in [0.4, 0.5) is 4.39 Å². The minimum absolute atomic E-state index is 0.0353. The van der Waals surface area contributed by atoms with E-state index in [-0.39, 0.29) is 24.0 Å². The third kappa shape index (κ3) is 3.18. The standard InChI is InChI=1S/C12H14FNO4/c13-8-1-2-10(11(15)5-8)12(16)14-6-9-7-17-3-4-18-9/h1-2,5,9,15H,3-4,6-7H2,(H,14,16). The Kier molecular flexibility index (Phi) is 4.11. The van der Waals surface area contributed by atoms with Crippen molar-refractivity contribution in [2.45, 2.75) is 6.10 Å². The van der Waals surface area contributed by atoms with E-state index in [9.17, 15) is 14.3 Å². The van der Waals surface area contributed by atoms with E-state index in [0.717, 1.165) is 12.1 Å². The molecule has 98 valence electrons. The minimum Gasteiger partial charge on any atom is -0.507 e. The highest BCUT2D eigenvalue weighted by Gasteiger charge is 2.17. The molecule has 1 aromatic carbocycles. The van der Waals surface area contributed by atoms with Gasteiger partial charge in [-0.15, -0.1) is 0 Å². The maximum atomic E-state index is 12.8. The van der Waals surface area contributed by atoms with Gasteiger partial charge in [-0.2, -0.15) is 0 Å². The highest BCUT2D eigenvalue weighted by molar-refractivity contribution is 5.96. The first-order valence-corrected chi connectivity index (χ1v) is 5.63. The molecule has 1 saturated heterocycles. The molecular formula is C12H14FNO4. The number of carbonyl (C=O) groups excluding carboxylic acids is 1. The fraction of sp³-hybridized carbons (Fsp3) is 0.417. The second-order valence-corrected chi connectivity index (χ2v) is 3.94. The van der Waals surface area contributed by atoms with Gasteiger partial charge in [-0.1, -0.05) is 0 Å². The van der Waals surface area contributed by atoms with Crippen LogP contribution < -0.4 is 5.32 Å². The number of nitrogens with one attached hydrogen (secondary N) is 1. The van der Waals surface area contributed by atoms with E-state index in [2.05, 4.69) is 5.32 Å². The molecule has 1 aliphatic heterocycles. The van der Waals surface area contributed by atoms with Crippen LogP contribution >= 0.6 is 0 Å². The third-order valence-corrected chi connectivity index (χ3v) is 2.58. The van der Waals surface area contributed by atoms with Crippen molar-refractivity contribution in [3.63, 3.8) is 0 Å². The lowest BCUT2D eigenvalue weighted by Crippen LogP contribution is -2.39. The van der Waals surface area contributed by atoms with Crippen LogP contribution in [0.15, 0.2) is 18.2 Å². The quantitative estimate of drug-likeness (QED) is 0.833. The third-order valence-electron chi connectivity index (χ3n) is 2.58. The van der Waals surface area contributed by atoms with Crippen LogP contribution in [-0.4, -0.2) is 43.5 Å². The molecule has 1 aromatic rings. The fourth-order valence-electron chi connectivity index (χ4n) is 1.65. The van der Waals surface area contributed by atoms with E-state index in [0.29, 0.717) is 19.8 Å². The predicted molar refractivity (Wildman–Crippen MR) is 61.0 cm³/mol. The van der Waals surface area contributed by atoms with Gasteiger partial charge in [-0.25, -0.2) is 4.39 Å². The number of hydrogen-bond donors (Lipinski definition) is 2. The van der Waals surface area contributed by atoms with Gasteiger partial charge in [-0.3, -0.25) is 4.79 Å². The van der Waals surface area contributed by atoms with Gasteiger partial charge in [0.2, 0.25) is 0 Å². The van der Waals surface area contributed by atoms with E-state index in [1.165, 1.54) is 6.07 Å². The van der Waals surface area contributed by atoms with Crippen LogP contribution in [0.1, 0.15) is 10.4 Å². The maximum absolute atomic E-state index is 12.8.